The Morgan fingerprint density at radius 1 is 0.949 bits per heavy atom. The Hall–Kier alpha value is -3.65. The van der Waals surface area contributed by atoms with Crippen molar-refractivity contribution in [1.29, 1.82) is 0 Å². The van der Waals surface area contributed by atoms with Gasteiger partial charge in [-0.05, 0) is 74.6 Å². The summed E-state index contributed by atoms with van der Waals surface area (Å²) in [6.45, 7) is 6.00. The van der Waals surface area contributed by atoms with Gasteiger partial charge in [0.05, 0.1) is 27.6 Å². The predicted molar refractivity (Wildman–Crippen MR) is 152 cm³/mol. The van der Waals surface area contributed by atoms with Crippen LogP contribution in [0.15, 0.2) is 83.8 Å². The Labute approximate surface area is 230 Å². The van der Waals surface area contributed by atoms with E-state index in [2.05, 4.69) is 10.6 Å². The van der Waals surface area contributed by atoms with Gasteiger partial charge in [0, 0.05) is 19.6 Å². The fourth-order valence-corrected chi connectivity index (χ4v) is 6.14. The summed E-state index contributed by atoms with van der Waals surface area (Å²) in [7, 11) is -3.31. The third kappa shape index (κ3) is 6.17. The maximum atomic E-state index is 13.0. The van der Waals surface area contributed by atoms with Crippen LogP contribution in [0.2, 0.25) is 0 Å². The zero-order chi connectivity index (χ0) is 27.4. The van der Waals surface area contributed by atoms with Gasteiger partial charge in [0.1, 0.15) is 18.2 Å². The Morgan fingerprint density at radius 3 is 2.31 bits per heavy atom. The van der Waals surface area contributed by atoms with Gasteiger partial charge >= 0.3 is 0 Å². The Morgan fingerprint density at radius 2 is 1.62 bits per heavy atom. The van der Waals surface area contributed by atoms with Gasteiger partial charge in [-0.15, -0.1) is 0 Å². The molecule has 0 aliphatic carbocycles. The number of carbonyl (C=O) groups excluding carboxylic acids is 1. The number of ether oxygens (including phenoxy) is 1. The Kier molecular flexibility index (Phi) is 8.02. The summed E-state index contributed by atoms with van der Waals surface area (Å²) >= 11 is 0. The van der Waals surface area contributed by atoms with Gasteiger partial charge in [-0.2, -0.15) is 0 Å². The van der Waals surface area contributed by atoms with E-state index in [4.69, 9.17) is 9.72 Å². The molecule has 0 N–H and O–H groups in total. The van der Waals surface area contributed by atoms with Crippen LogP contribution >= 0.6 is 0 Å². The molecule has 0 unspecified atom stereocenters. The number of likely N-dealkylation sites (tertiary alicyclic amines) is 1. The summed E-state index contributed by atoms with van der Waals surface area (Å²) in [5.74, 6) is 2.24. The summed E-state index contributed by atoms with van der Waals surface area (Å²) in [6.07, 6.45) is 2.12. The quantitative estimate of drug-likeness (QED) is 0.286. The average molecular weight is 546 g/mol. The van der Waals surface area contributed by atoms with Crippen LogP contribution in [0.4, 0.5) is 0 Å². The van der Waals surface area contributed by atoms with Crippen LogP contribution in [0.3, 0.4) is 0 Å². The van der Waals surface area contributed by atoms with Crippen molar-refractivity contribution >= 4 is 26.8 Å². The van der Waals surface area contributed by atoms with E-state index in [0.717, 1.165) is 47.6 Å². The molecule has 8 heteroatoms. The zero-order valence-electron chi connectivity index (χ0n) is 22.5. The number of aromatic nitrogens is 2. The van der Waals surface area contributed by atoms with Crippen LogP contribution in [-0.4, -0.2) is 47.1 Å². The first kappa shape index (κ1) is 26.9. The summed E-state index contributed by atoms with van der Waals surface area (Å²) < 4.78 is 33.0. The molecule has 1 aromatic heterocycles. The van der Waals surface area contributed by atoms with Crippen LogP contribution in [0.5, 0.6) is 5.75 Å². The number of hydrogen-bond donors (Lipinski definition) is 0. The summed E-state index contributed by atoms with van der Waals surface area (Å²) in [6, 6.07) is 24.7. The molecular formula is C31H35N3O4S. The molecule has 0 spiro atoms. The number of rotatable bonds is 9. The Bertz CT molecular complexity index is 1520. The van der Waals surface area contributed by atoms with E-state index in [-0.39, 0.29) is 12.3 Å². The normalized spacial score (nSPS) is 14.7. The lowest BCUT2D eigenvalue weighted by Crippen LogP contribution is -2.40. The van der Waals surface area contributed by atoms with Crippen LogP contribution in [0.25, 0.3) is 11.0 Å². The summed E-state index contributed by atoms with van der Waals surface area (Å²) in [4.78, 5) is 20.1. The molecule has 1 saturated heterocycles. The second-order valence-electron chi connectivity index (χ2n) is 10.5. The van der Waals surface area contributed by atoms with Crippen molar-refractivity contribution in [2.45, 2.75) is 56.4 Å². The minimum Gasteiger partial charge on any atom is -0.486 e. The number of nitrogens with zero attached hydrogens (tertiary/aromatic N) is 3. The fraction of sp³-hybridized carbons (Fsp3) is 0.355. The SMILES string of the molecule is CC(C)S(=O)(=O)c1ccc(CC(=O)N2CCC(Cn3c(COc4ccccc4)nc4ccccc43)CC2)cc1. The number of imidazole rings is 1. The van der Waals surface area contributed by atoms with Gasteiger partial charge in [0.25, 0.3) is 0 Å². The lowest BCUT2D eigenvalue weighted by Gasteiger charge is -2.32. The molecule has 0 radical (unpaired) electrons. The predicted octanol–water partition coefficient (Wildman–Crippen LogP) is 5.28. The highest BCUT2D eigenvalue weighted by molar-refractivity contribution is 7.92. The molecule has 204 valence electrons. The van der Waals surface area contributed by atoms with E-state index in [1.807, 2.05) is 53.4 Å². The topological polar surface area (TPSA) is 81.5 Å². The summed E-state index contributed by atoms with van der Waals surface area (Å²) in [5, 5.41) is -0.473. The number of benzene rings is 3. The molecule has 0 bridgehead atoms. The second kappa shape index (κ2) is 11.6. The molecule has 4 aromatic rings. The largest absolute Gasteiger partial charge is 0.486 e. The molecule has 1 amide bonds. The molecular weight excluding hydrogens is 510 g/mol. The monoisotopic (exact) mass is 545 g/mol. The zero-order valence-corrected chi connectivity index (χ0v) is 23.3. The third-order valence-electron chi connectivity index (χ3n) is 7.48. The average Bonchev–Trinajstić information content (AvgIpc) is 3.30. The number of para-hydroxylation sites is 3. The highest BCUT2D eigenvalue weighted by Crippen LogP contribution is 2.25. The van der Waals surface area contributed by atoms with Crippen molar-refractivity contribution in [2.24, 2.45) is 5.92 Å². The second-order valence-corrected chi connectivity index (χ2v) is 13.0. The van der Waals surface area contributed by atoms with Crippen molar-refractivity contribution in [2.75, 3.05) is 13.1 Å². The van der Waals surface area contributed by atoms with Crippen molar-refractivity contribution in [3.8, 4) is 5.75 Å². The lowest BCUT2D eigenvalue weighted by atomic mass is 9.96. The minimum atomic E-state index is -3.31. The van der Waals surface area contributed by atoms with E-state index in [9.17, 15) is 13.2 Å². The molecule has 0 atom stereocenters. The summed E-state index contributed by atoms with van der Waals surface area (Å²) in [5.41, 5.74) is 2.90. The number of amides is 1. The first-order valence-corrected chi connectivity index (χ1v) is 15.1. The van der Waals surface area contributed by atoms with Gasteiger partial charge in [0.15, 0.2) is 9.84 Å². The molecule has 1 fully saturated rings. The van der Waals surface area contributed by atoms with E-state index in [0.29, 0.717) is 30.5 Å². The van der Waals surface area contributed by atoms with E-state index in [1.54, 1.807) is 38.1 Å². The van der Waals surface area contributed by atoms with Crippen molar-refractivity contribution < 1.29 is 17.9 Å². The fourth-order valence-electron chi connectivity index (χ4n) is 5.08. The standard InChI is InChI=1S/C31H35N3O4S/c1-23(2)39(36,37)27-14-12-24(13-15-27)20-31(35)33-18-16-25(17-19-33)21-34-29-11-7-6-10-28(29)32-30(34)22-38-26-8-4-3-5-9-26/h3-15,23,25H,16-22H2,1-2H3. The maximum Gasteiger partial charge on any atom is 0.226 e. The molecule has 39 heavy (non-hydrogen) atoms. The van der Waals surface area contributed by atoms with Gasteiger partial charge in [0.2, 0.25) is 5.91 Å². The van der Waals surface area contributed by atoms with Crippen LogP contribution in [-0.2, 0) is 34.2 Å². The first-order valence-electron chi connectivity index (χ1n) is 13.5. The minimum absolute atomic E-state index is 0.0814. The molecule has 1 aliphatic rings. The molecule has 5 rings (SSSR count). The van der Waals surface area contributed by atoms with E-state index in [1.165, 1.54) is 0 Å². The van der Waals surface area contributed by atoms with Crippen LogP contribution < -0.4 is 4.74 Å². The van der Waals surface area contributed by atoms with Crippen molar-refractivity contribution in [1.82, 2.24) is 14.5 Å². The van der Waals surface area contributed by atoms with E-state index < -0.39 is 15.1 Å². The van der Waals surface area contributed by atoms with Gasteiger partial charge < -0.3 is 14.2 Å². The lowest BCUT2D eigenvalue weighted by molar-refractivity contribution is -0.131. The number of sulfone groups is 1. The highest BCUT2D eigenvalue weighted by atomic mass is 32.2. The van der Waals surface area contributed by atoms with Gasteiger partial charge in [-0.25, -0.2) is 13.4 Å². The highest BCUT2D eigenvalue weighted by Gasteiger charge is 2.25. The number of piperidine rings is 1. The molecule has 0 saturated carbocycles. The number of carbonyl (C=O) groups is 1. The van der Waals surface area contributed by atoms with Crippen molar-refractivity contribution in [3.63, 3.8) is 0 Å². The molecule has 1 aliphatic heterocycles. The Balaban J connectivity index is 1.19. The smallest absolute Gasteiger partial charge is 0.226 e. The van der Waals surface area contributed by atoms with Crippen LogP contribution in [0.1, 0.15) is 38.1 Å². The molecule has 7 nitrogen and oxygen atoms in total. The number of hydrogen-bond acceptors (Lipinski definition) is 5. The molecule has 2 heterocycles. The third-order valence-corrected chi connectivity index (χ3v) is 9.65. The number of fused-ring (bicyclic) bond motifs is 1. The van der Waals surface area contributed by atoms with Gasteiger partial charge in [-0.1, -0.05) is 42.5 Å². The molecule has 3 aromatic carbocycles. The maximum absolute atomic E-state index is 13.0. The van der Waals surface area contributed by atoms with Crippen LogP contribution in [0, 0.1) is 5.92 Å². The van der Waals surface area contributed by atoms with Gasteiger partial charge in [-0.3, -0.25) is 4.79 Å². The first-order chi connectivity index (χ1) is 18.8. The van der Waals surface area contributed by atoms with E-state index >= 15 is 0 Å². The van der Waals surface area contributed by atoms with Crippen molar-refractivity contribution in [3.05, 3.63) is 90.3 Å².